The highest BCUT2D eigenvalue weighted by Gasteiger charge is 2.65. The van der Waals surface area contributed by atoms with Crippen molar-refractivity contribution in [1.29, 1.82) is 0 Å². The van der Waals surface area contributed by atoms with Crippen LogP contribution in [0.2, 0.25) is 0 Å². The maximum atomic E-state index is 10.8. The van der Waals surface area contributed by atoms with Crippen molar-refractivity contribution in [3.63, 3.8) is 0 Å². The summed E-state index contributed by atoms with van der Waals surface area (Å²) in [5.41, 5.74) is 0.120. The second-order valence-corrected chi connectivity index (χ2v) is 7.07. The van der Waals surface area contributed by atoms with Crippen molar-refractivity contribution in [2.24, 2.45) is 16.7 Å². The van der Waals surface area contributed by atoms with E-state index in [1.807, 2.05) is 27.7 Å². The summed E-state index contributed by atoms with van der Waals surface area (Å²) >= 11 is 0. The lowest BCUT2D eigenvalue weighted by Crippen LogP contribution is -2.40. The average Bonchev–Trinajstić information content (AvgIpc) is 2.67. The number of hydrogen-bond donors (Lipinski definition) is 3. The van der Waals surface area contributed by atoms with Crippen molar-refractivity contribution in [3.8, 4) is 0 Å². The normalized spacial score (nSPS) is 52.9. The first kappa shape index (κ1) is 12.4. The molecular formula is C15H22O3. The molecule has 5 unspecified atom stereocenters. The average molecular weight is 250 g/mol. The summed E-state index contributed by atoms with van der Waals surface area (Å²) in [6.45, 7) is 8.00. The standard InChI is InChI=1S/C15H22O3/c1-8-11(16)7-15(18)5-9-10(14(8,15)4)6-13(2,3)12(9)17/h5-6,8,11-12,16-18H,7H2,1-4H3. The first-order valence-electron chi connectivity index (χ1n) is 6.68. The van der Waals surface area contributed by atoms with E-state index in [1.165, 1.54) is 0 Å². The Balaban J connectivity index is 2.18. The second-order valence-electron chi connectivity index (χ2n) is 7.07. The molecule has 3 N–H and O–H groups in total. The molecule has 0 radical (unpaired) electrons. The van der Waals surface area contributed by atoms with E-state index < -0.39 is 23.2 Å². The van der Waals surface area contributed by atoms with Crippen LogP contribution in [0.4, 0.5) is 0 Å². The monoisotopic (exact) mass is 250 g/mol. The molecule has 0 heterocycles. The van der Waals surface area contributed by atoms with Gasteiger partial charge in [0.25, 0.3) is 0 Å². The van der Waals surface area contributed by atoms with Crippen molar-refractivity contribution < 1.29 is 15.3 Å². The Hall–Kier alpha value is -0.640. The second kappa shape index (κ2) is 3.09. The van der Waals surface area contributed by atoms with Crippen molar-refractivity contribution in [3.05, 3.63) is 23.3 Å². The Morgan fingerprint density at radius 1 is 1.17 bits per heavy atom. The minimum Gasteiger partial charge on any atom is -0.393 e. The van der Waals surface area contributed by atoms with E-state index in [9.17, 15) is 15.3 Å². The minimum atomic E-state index is -1.01. The molecule has 0 aromatic rings. The van der Waals surface area contributed by atoms with Crippen molar-refractivity contribution in [1.82, 2.24) is 0 Å². The first-order chi connectivity index (χ1) is 8.13. The molecule has 0 amide bonds. The molecule has 0 aromatic heterocycles. The summed E-state index contributed by atoms with van der Waals surface area (Å²) in [5, 5.41) is 31.3. The molecule has 0 aliphatic heterocycles. The zero-order chi connectivity index (χ0) is 13.5. The Bertz CT molecular complexity index is 476. The van der Waals surface area contributed by atoms with Crippen LogP contribution in [-0.2, 0) is 0 Å². The van der Waals surface area contributed by atoms with Gasteiger partial charge in [-0.2, -0.15) is 0 Å². The van der Waals surface area contributed by atoms with Gasteiger partial charge in [0.05, 0.1) is 17.8 Å². The molecule has 0 spiro atoms. The van der Waals surface area contributed by atoms with Gasteiger partial charge in [-0.25, -0.2) is 0 Å². The molecule has 1 fully saturated rings. The summed E-state index contributed by atoms with van der Waals surface area (Å²) in [6, 6.07) is 0. The number of fused-ring (bicyclic) bond motifs is 3. The fraction of sp³-hybridized carbons (Fsp3) is 0.733. The van der Waals surface area contributed by atoms with Gasteiger partial charge in [-0.15, -0.1) is 0 Å². The Kier molecular flexibility index (Phi) is 2.13. The van der Waals surface area contributed by atoms with E-state index in [1.54, 1.807) is 6.08 Å². The van der Waals surface area contributed by atoms with Gasteiger partial charge in [0.1, 0.15) is 0 Å². The first-order valence-corrected chi connectivity index (χ1v) is 6.68. The third kappa shape index (κ3) is 1.11. The molecule has 3 nitrogen and oxygen atoms in total. The predicted molar refractivity (Wildman–Crippen MR) is 68.8 cm³/mol. The van der Waals surface area contributed by atoms with Crippen LogP contribution < -0.4 is 0 Å². The maximum Gasteiger partial charge on any atom is 0.0956 e. The summed E-state index contributed by atoms with van der Waals surface area (Å²) in [5.74, 6) is -0.0106. The number of rotatable bonds is 0. The van der Waals surface area contributed by atoms with E-state index >= 15 is 0 Å². The van der Waals surface area contributed by atoms with Gasteiger partial charge in [-0.3, -0.25) is 0 Å². The maximum absolute atomic E-state index is 10.8. The predicted octanol–water partition coefficient (Wildman–Crippen LogP) is 1.39. The highest BCUT2D eigenvalue weighted by atomic mass is 16.3. The zero-order valence-corrected chi connectivity index (χ0v) is 11.4. The molecule has 18 heavy (non-hydrogen) atoms. The third-order valence-corrected chi connectivity index (χ3v) is 5.69. The van der Waals surface area contributed by atoms with Crippen LogP contribution in [0.5, 0.6) is 0 Å². The molecular weight excluding hydrogens is 228 g/mol. The summed E-state index contributed by atoms with van der Waals surface area (Å²) in [4.78, 5) is 0. The van der Waals surface area contributed by atoms with Crippen LogP contribution in [0.3, 0.4) is 0 Å². The molecule has 0 saturated heterocycles. The van der Waals surface area contributed by atoms with E-state index in [0.717, 1.165) is 11.1 Å². The third-order valence-electron chi connectivity index (χ3n) is 5.69. The molecule has 3 aliphatic carbocycles. The molecule has 100 valence electrons. The van der Waals surface area contributed by atoms with Gasteiger partial charge < -0.3 is 15.3 Å². The van der Waals surface area contributed by atoms with E-state index in [-0.39, 0.29) is 11.3 Å². The SMILES string of the molecule is CC1C(O)CC2(O)C=C3C(=CC(C)(C)C3O)C12C. The van der Waals surface area contributed by atoms with Crippen molar-refractivity contribution in [2.75, 3.05) is 0 Å². The lowest BCUT2D eigenvalue weighted by Gasteiger charge is -2.37. The van der Waals surface area contributed by atoms with Crippen molar-refractivity contribution >= 4 is 0 Å². The molecule has 0 aromatic carbocycles. The van der Waals surface area contributed by atoms with Crippen LogP contribution >= 0.6 is 0 Å². The van der Waals surface area contributed by atoms with E-state index in [4.69, 9.17) is 0 Å². The zero-order valence-electron chi connectivity index (χ0n) is 11.4. The Labute approximate surface area is 108 Å². The van der Waals surface area contributed by atoms with Crippen LogP contribution in [-0.4, -0.2) is 33.1 Å². The smallest absolute Gasteiger partial charge is 0.0956 e. The van der Waals surface area contributed by atoms with Crippen molar-refractivity contribution in [2.45, 2.75) is 51.9 Å². The molecule has 3 aliphatic rings. The van der Waals surface area contributed by atoms with Crippen LogP contribution in [0.1, 0.15) is 34.1 Å². The number of aliphatic hydroxyl groups excluding tert-OH is 2. The fourth-order valence-electron chi connectivity index (χ4n) is 4.12. The topological polar surface area (TPSA) is 60.7 Å². The summed E-state index contributed by atoms with van der Waals surface area (Å²) in [7, 11) is 0. The fourth-order valence-corrected chi connectivity index (χ4v) is 4.12. The van der Waals surface area contributed by atoms with Gasteiger partial charge in [0.15, 0.2) is 0 Å². The lowest BCUT2D eigenvalue weighted by molar-refractivity contribution is 0.00817. The molecule has 0 bridgehead atoms. The van der Waals surface area contributed by atoms with E-state index in [2.05, 4.69) is 6.08 Å². The molecule has 1 saturated carbocycles. The highest BCUT2D eigenvalue weighted by Crippen LogP contribution is 2.65. The van der Waals surface area contributed by atoms with Gasteiger partial charge in [0.2, 0.25) is 0 Å². The Morgan fingerprint density at radius 2 is 1.78 bits per heavy atom. The van der Waals surface area contributed by atoms with Gasteiger partial charge in [-0.1, -0.05) is 33.8 Å². The lowest BCUT2D eigenvalue weighted by atomic mass is 9.69. The largest absolute Gasteiger partial charge is 0.393 e. The quantitative estimate of drug-likeness (QED) is 0.609. The van der Waals surface area contributed by atoms with E-state index in [0.29, 0.717) is 6.42 Å². The van der Waals surface area contributed by atoms with Gasteiger partial charge >= 0.3 is 0 Å². The number of aliphatic hydroxyl groups is 3. The Morgan fingerprint density at radius 3 is 2.39 bits per heavy atom. The summed E-state index contributed by atoms with van der Waals surface area (Å²) < 4.78 is 0. The van der Waals surface area contributed by atoms with Gasteiger partial charge in [0, 0.05) is 17.3 Å². The van der Waals surface area contributed by atoms with Gasteiger partial charge in [-0.05, 0) is 23.1 Å². The molecule has 3 rings (SSSR count). The minimum absolute atomic E-state index is 0.0106. The molecule has 3 heteroatoms. The van der Waals surface area contributed by atoms with Crippen LogP contribution in [0.25, 0.3) is 0 Å². The molecule has 5 atom stereocenters. The highest BCUT2D eigenvalue weighted by molar-refractivity contribution is 5.57. The summed E-state index contributed by atoms with van der Waals surface area (Å²) in [6.07, 6.45) is 3.20. The van der Waals surface area contributed by atoms with Crippen LogP contribution in [0.15, 0.2) is 23.3 Å². The number of hydrogen-bond acceptors (Lipinski definition) is 3. The van der Waals surface area contributed by atoms with Crippen LogP contribution in [0, 0.1) is 16.7 Å².